The smallest absolute Gasteiger partial charge is 0.260 e. The van der Waals surface area contributed by atoms with Crippen molar-refractivity contribution >= 4 is 39.7 Å². The predicted octanol–water partition coefficient (Wildman–Crippen LogP) is 3.82. The molecule has 0 aromatic carbocycles. The van der Waals surface area contributed by atoms with Crippen LogP contribution in [0.4, 0.5) is 5.00 Å². The second-order valence-electron chi connectivity index (χ2n) is 4.15. The van der Waals surface area contributed by atoms with Crippen LogP contribution in [0.25, 0.3) is 17.5 Å². The predicted molar refractivity (Wildman–Crippen MR) is 84.3 cm³/mol. The number of anilines is 1. The minimum atomic E-state index is -0.191. The maximum atomic E-state index is 11.9. The zero-order valence-corrected chi connectivity index (χ0v) is 12.7. The zero-order chi connectivity index (χ0) is 14.7. The first-order chi connectivity index (χ1) is 10.2. The standard InChI is InChI=1S/C14H11N3O2S2/c1-9-15-13(19-17-9)11-6-8-21-14(11)16-12(18)5-4-10-3-2-7-20-10/h2-8H,1H3,(H,16,18). The van der Waals surface area contributed by atoms with Crippen LogP contribution in [0.2, 0.25) is 0 Å². The first-order valence-electron chi connectivity index (χ1n) is 6.13. The topological polar surface area (TPSA) is 68.0 Å². The molecule has 5 nitrogen and oxygen atoms in total. The van der Waals surface area contributed by atoms with Crippen LogP contribution in [0.3, 0.4) is 0 Å². The molecule has 0 unspecified atom stereocenters. The van der Waals surface area contributed by atoms with E-state index >= 15 is 0 Å². The van der Waals surface area contributed by atoms with Gasteiger partial charge in [0.05, 0.1) is 5.56 Å². The molecule has 0 aliphatic rings. The molecule has 0 bridgehead atoms. The molecule has 0 aliphatic heterocycles. The third-order valence-corrected chi connectivity index (χ3v) is 4.27. The summed E-state index contributed by atoms with van der Waals surface area (Å²) in [6.45, 7) is 1.75. The minimum Gasteiger partial charge on any atom is -0.334 e. The van der Waals surface area contributed by atoms with Crippen LogP contribution < -0.4 is 5.32 Å². The molecule has 0 spiro atoms. The Morgan fingerprint density at radius 1 is 1.33 bits per heavy atom. The molecule has 0 saturated carbocycles. The van der Waals surface area contributed by atoms with E-state index in [0.29, 0.717) is 16.7 Å². The summed E-state index contributed by atoms with van der Waals surface area (Å²) in [6.07, 6.45) is 3.29. The summed E-state index contributed by atoms with van der Waals surface area (Å²) >= 11 is 2.99. The van der Waals surface area contributed by atoms with Crippen molar-refractivity contribution in [3.05, 3.63) is 45.7 Å². The van der Waals surface area contributed by atoms with Gasteiger partial charge in [0.15, 0.2) is 5.82 Å². The van der Waals surface area contributed by atoms with Crippen molar-refractivity contribution in [2.24, 2.45) is 0 Å². The van der Waals surface area contributed by atoms with Crippen LogP contribution in [-0.2, 0) is 4.79 Å². The first-order valence-corrected chi connectivity index (χ1v) is 7.89. The van der Waals surface area contributed by atoms with Crippen LogP contribution in [-0.4, -0.2) is 16.0 Å². The Labute approximate surface area is 128 Å². The van der Waals surface area contributed by atoms with E-state index in [0.717, 1.165) is 10.4 Å². The molecule has 106 valence electrons. The second kappa shape index (κ2) is 6.02. The molecule has 0 aliphatic carbocycles. The molecule has 3 aromatic heterocycles. The molecule has 0 saturated heterocycles. The minimum absolute atomic E-state index is 0.191. The highest BCUT2D eigenvalue weighted by Gasteiger charge is 2.14. The lowest BCUT2D eigenvalue weighted by molar-refractivity contribution is -0.111. The van der Waals surface area contributed by atoms with Gasteiger partial charge in [0.1, 0.15) is 5.00 Å². The fourth-order valence-corrected chi connectivity index (χ4v) is 3.08. The molecular weight excluding hydrogens is 306 g/mol. The zero-order valence-electron chi connectivity index (χ0n) is 11.1. The number of carbonyl (C=O) groups is 1. The van der Waals surface area contributed by atoms with E-state index in [-0.39, 0.29) is 5.91 Å². The Kier molecular flexibility index (Phi) is 3.94. The largest absolute Gasteiger partial charge is 0.334 e. The van der Waals surface area contributed by atoms with Crippen molar-refractivity contribution in [2.45, 2.75) is 6.92 Å². The highest BCUT2D eigenvalue weighted by molar-refractivity contribution is 7.15. The number of aryl methyl sites for hydroxylation is 1. The molecule has 3 heterocycles. The van der Waals surface area contributed by atoms with E-state index in [1.165, 1.54) is 17.4 Å². The molecule has 3 aromatic rings. The normalized spacial score (nSPS) is 11.1. The lowest BCUT2D eigenvalue weighted by atomic mass is 10.3. The van der Waals surface area contributed by atoms with Crippen molar-refractivity contribution in [1.29, 1.82) is 0 Å². The van der Waals surface area contributed by atoms with E-state index in [1.807, 2.05) is 29.0 Å². The Bertz CT molecular complexity index is 772. The summed E-state index contributed by atoms with van der Waals surface area (Å²) in [5.41, 5.74) is 0.735. The number of hydrogen-bond acceptors (Lipinski definition) is 6. The lowest BCUT2D eigenvalue weighted by Crippen LogP contribution is -2.07. The van der Waals surface area contributed by atoms with Crippen LogP contribution in [0.1, 0.15) is 10.7 Å². The molecule has 21 heavy (non-hydrogen) atoms. The third kappa shape index (κ3) is 3.26. The van der Waals surface area contributed by atoms with E-state index in [4.69, 9.17) is 4.52 Å². The van der Waals surface area contributed by atoms with Gasteiger partial charge in [-0.15, -0.1) is 22.7 Å². The number of hydrogen-bond donors (Lipinski definition) is 1. The van der Waals surface area contributed by atoms with Crippen molar-refractivity contribution in [3.63, 3.8) is 0 Å². The maximum absolute atomic E-state index is 11.9. The Hall–Kier alpha value is -2.25. The Morgan fingerprint density at radius 3 is 2.95 bits per heavy atom. The molecule has 0 radical (unpaired) electrons. The van der Waals surface area contributed by atoms with Gasteiger partial charge < -0.3 is 9.84 Å². The van der Waals surface area contributed by atoms with E-state index in [2.05, 4.69) is 15.5 Å². The van der Waals surface area contributed by atoms with Crippen molar-refractivity contribution in [3.8, 4) is 11.5 Å². The van der Waals surface area contributed by atoms with Crippen LogP contribution in [0.15, 0.2) is 39.6 Å². The van der Waals surface area contributed by atoms with Gasteiger partial charge in [-0.2, -0.15) is 4.98 Å². The maximum Gasteiger partial charge on any atom is 0.260 e. The third-order valence-electron chi connectivity index (χ3n) is 2.60. The number of rotatable bonds is 4. The summed E-state index contributed by atoms with van der Waals surface area (Å²) in [5.74, 6) is 0.778. The molecule has 0 atom stereocenters. The molecular formula is C14H11N3O2S2. The summed E-state index contributed by atoms with van der Waals surface area (Å²) in [5, 5.41) is 11.1. The number of amides is 1. The van der Waals surface area contributed by atoms with Gasteiger partial charge in [-0.05, 0) is 35.9 Å². The van der Waals surface area contributed by atoms with Gasteiger partial charge in [0.25, 0.3) is 5.89 Å². The van der Waals surface area contributed by atoms with Crippen LogP contribution >= 0.6 is 22.7 Å². The van der Waals surface area contributed by atoms with Gasteiger partial charge in [-0.25, -0.2) is 0 Å². The Morgan fingerprint density at radius 2 is 2.24 bits per heavy atom. The highest BCUT2D eigenvalue weighted by Crippen LogP contribution is 2.32. The van der Waals surface area contributed by atoms with E-state index < -0.39 is 0 Å². The molecule has 1 amide bonds. The number of nitrogens with zero attached hydrogens (tertiary/aromatic N) is 2. The van der Waals surface area contributed by atoms with E-state index in [9.17, 15) is 4.79 Å². The van der Waals surface area contributed by atoms with E-state index in [1.54, 1.807) is 24.3 Å². The fourth-order valence-electron chi connectivity index (χ4n) is 1.68. The number of aromatic nitrogens is 2. The summed E-state index contributed by atoms with van der Waals surface area (Å²) in [4.78, 5) is 17.1. The van der Waals surface area contributed by atoms with Crippen molar-refractivity contribution in [2.75, 3.05) is 5.32 Å². The Balaban J connectivity index is 1.74. The average Bonchev–Trinajstić information content (AvgIpc) is 3.17. The summed E-state index contributed by atoms with van der Waals surface area (Å²) in [7, 11) is 0. The highest BCUT2D eigenvalue weighted by atomic mass is 32.1. The molecule has 7 heteroatoms. The van der Waals surface area contributed by atoms with Crippen molar-refractivity contribution in [1.82, 2.24) is 10.1 Å². The molecule has 1 N–H and O–H groups in total. The van der Waals surface area contributed by atoms with Crippen molar-refractivity contribution < 1.29 is 9.32 Å². The first kappa shape index (κ1) is 13.7. The van der Waals surface area contributed by atoms with Crippen LogP contribution in [0, 0.1) is 6.92 Å². The van der Waals surface area contributed by atoms with Gasteiger partial charge in [0, 0.05) is 11.0 Å². The van der Waals surface area contributed by atoms with Gasteiger partial charge >= 0.3 is 0 Å². The average molecular weight is 317 g/mol. The number of thiophene rings is 2. The monoisotopic (exact) mass is 317 g/mol. The number of nitrogens with one attached hydrogen (secondary N) is 1. The fraction of sp³-hybridized carbons (Fsp3) is 0.0714. The summed E-state index contributed by atoms with van der Waals surface area (Å²) < 4.78 is 5.13. The van der Waals surface area contributed by atoms with Gasteiger partial charge in [-0.1, -0.05) is 11.2 Å². The quantitative estimate of drug-likeness (QED) is 0.743. The SMILES string of the molecule is Cc1noc(-c2ccsc2NC(=O)C=Cc2cccs2)n1. The molecule has 0 fully saturated rings. The molecule has 3 rings (SSSR count). The lowest BCUT2D eigenvalue weighted by Gasteiger charge is -2.00. The summed E-state index contributed by atoms with van der Waals surface area (Å²) in [6, 6.07) is 5.74. The number of carbonyl (C=O) groups excluding carboxylic acids is 1. The van der Waals surface area contributed by atoms with Gasteiger partial charge in [-0.3, -0.25) is 4.79 Å². The van der Waals surface area contributed by atoms with Crippen LogP contribution in [0.5, 0.6) is 0 Å². The van der Waals surface area contributed by atoms with Gasteiger partial charge in [0.2, 0.25) is 5.91 Å². The second-order valence-corrected chi connectivity index (χ2v) is 6.04.